The minimum absolute atomic E-state index is 0.00563. The summed E-state index contributed by atoms with van der Waals surface area (Å²) in [7, 11) is 1.65. The van der Waals surface area contributed by atoms with Crippen molar-refractivity contribution in [3.05, 3.63) is 78.1 Å². The van der Waals surface area contributed by atoms with Crippen molar-refractivity contribution in [1.29, 1.82) is 0 Å². The Kier molecular flexibility index (Phi) is 6.52. The van der Waals surface area contributed by atoms with E-state index in [1.165, 1.54) is 17.3 Å². The molecule has 2 heterocycles. The molecule has 0 saturated heterocycles. The van der Waals surface area contributed by atoms with Crippen LogP contribution >= 0.6 is 11.8 Å². The molecule has 4 aromatic rings. The molecular weight excluding hydrogens is 408 g/mol. The lowest BCUT2D eigenvalue weighted by Gasteiger charge is -2.08. The molecule has 0 aliphatic heterocycles. The van der Waals surface area contributed by atoms with Gasteiger partial charge in [0.05, 0.1) is 19.1 Å². The molecule has 4 rings (SSSR count). The maximum atomic E-state index is 12.3. The van der Waals surface area contributed by atoms with E-state index in [-0.39, 0.29) is 5.91 Å². The second-order valence-electron chi connectivity index (χ2n) is 7.13. The van der Waals surface area contributed by atoms with Gasteiger partial charge in [0.2, 0.25) is 5.91 Å². The van der Waals surface area contributed by atoms with Gasteiger partial charge in [0.1, 0.15) is 10.8 Å². The Morgan fingerprint density at radius 3 is 2.65 bits per heavy atom. The lowest BCUT2D eigenvalue weighted by Crippen LogP contribution is -2.27. The number of carbonyl (C=O) groups excluding carboxylic acids is 1. The van der Waals surface area contributed by atoms with Crippen molar-refractivity contribution in [2.45, 2.75) is 18.4 Å². The van der Waals surface area contributed by atoms with Gasteiger partial charge in [-0.3, -0.25) is 4.79 Å². The number of hydrogen-bond acceptors (Lipinski definition) is 5. The van der Waals surface area contributed by atoms with Crippen LogP contribution in [0.1, 0.15) is 11.3 Å². The molecule has 1 N–H and O–H groups in total. The van der Waals surface area contributed by atoms with Gasteiger partial charge in [0.25, 0.3) is 0 Å². The van der Waals surface area contributed by atoms with Crippen LogP contribution in [-0.4, -0.2) is 39.9 Å². The van der Waals surface area contributed by atoms with Crippen LogP contribution in [0.5, 0.6) is 5.75 Å². The molecule has 0 aliphatic carbocycles. The first kappa shape index (κ1) is 20.9. The number of thioether (sulfide) groups is 1. The predicted molar refractivity (Wildman–Crippen MR) is 124 cm³/mol. The first-order valence-electron chi connectivity index (χ1n) is 10.1. The molecule has 0 atom stereocenters. The van der Waals surface area contributed by atoms with Crippen molar-refractivity contribution >= 4 is 23.3 Å². The molecule has 0 unspecified atom stereocenters. The largest absolute Gasteiger partial charge is 0.497 e. The number of aromatic nitrogens is 3. The van der Waals surface area contributed by atoms with E-state index in [2.05, 4.69) is 27.5 Å². The van der Waals surface area contributed by atoms with Crippen molar-refractivity contribution in [2.24, 2.45) is 0 Å². The van der Waals surface area contributed by atoms with Crippen LogP contribution in [0.15, 0.2) is 71.9 Å². The van der Waals surface area contributed by atoms with Crippen molar-refractivity contribution in [3.8, 4) is 16.9 Å². The van der Waals surface area contributed by atoms with Gasteiger partial charge in [0, 0.05) is 17.8 Å². The summed E-state index contributed by atoms with van der Waals surface area (Å²) in [6.45, 7) is 2.58. The maximum absolute atomic E-state index is 12.3. The third-order valence-corrected chi connectivity index (χ3v) is 5.89. The molecule has 6 nitrogen and oxygen atoms in total. The highest BCUT2D eigenvalue weighted by Gasteiger charge is 2.14. The monoisotopic (exact) mass is 432 g/mol. The Hall–Kier alpha value is -3.32. The quantitative estimate of drug-likeness (QED) is 0.334. The van der Waals surface area contributed by atoms with Crippen molar-refractivity contribution in [3.63, 3.8) is 0 Å². The molecule has 1 amide bonds. The van der Waals surface area contributed by atoms with Gasteiger partial charge < -0.3 is 10.1 Å². The molecule has 0 bridgehead atoms. The van der Waals surface area contributed by atoms with E-state index in [0.29, 0.717) is 12.3 Å². The van der Waals surface area contributed by atoms with Gasteiger partial charge in [-0.25, -0.2) is 9.50 Å². The van der Waals surface area contributed by atoms with Crippen LogP contribution in [-0.2, 0) is 11.2 Å². The molecule has 158 valence electrons. The van der Waals surface area contributed by atoms with Gasteiger partial charge in [-0.15, -0.1) is 0 Å². The number of methoxy groups -OCH3 is 1. The van der Waals surface area contributed by atoms with Crippen molar-refractivity contribution in [1.82, 2.24) is 19.9 Å². The zero-order chi connectivity index (χ0) is 21.6. The second kappa shape index (κ2) is 9.66. The standard InChI is InChI=1S/C24H24N4O2S/c1-17-14-23(31-16-22(29)25-13-12-18-6-4-3-5-7-18)28-24(27-17)21(15-26-28)19-8-10-20(30-2)11-9-19/h3-11,14-15H,12-13,16H2,1-2H3,(H,25,29). The topological polar surface area (TPSA) is 68.5 Å². The summed E-state index contributed by atoms with van der Waals surface area (Å²) < 4.78 is 7.04. The van der Waals surface area contributed by atoms with E-state index in [9.17, 15) is 4.79 Å². The van der Waals surface area contributed by atoms with Crippen LogP contribution in [0, 0.1) is 6.92 Å². The Balaban J connectivity index is 1.44. The summed E-state index contributed by atoms with van der Waals surface area (Å²) in [6, 6.07) is 19.9. The zero-order valence-electron chi connectivity index (χ0n) is 17.5. The molecule has 0 aliphatic rings. The van der Waals surface area contributed by atoms with Crippen LogP contribution in [0.25, 0.3) is 16.8 Å². The number of nitrogens with zero attached hydrogens (tertiary/aromatic N) is 3. The molecule has 31 heavy (non-hydrogen) atoms. The third kappa shape index (κ3) is 5.06. The number of amides is 1. The minimum Gasteiger partial charge on any atom is -0.497 e. The lowest BCUT2D eigenvalue weighted by atomic mass is 10.1. The molecule has 0 radical (unpaired) electrons. The van der Waals surface area contributed by atoms with E-state index < -0.39 is 0 Å². The molecule has 2 aromatic heterocycles. The number of nitrogens with one attached hydrogen (secondary N) is 1. The molecule has 0 fully saturated rings. The molecule has 0 spiro atoms. The van der Waals surface area contributed by atoms with Crippen molar-refractivity contribution in [2.75, 3.05) is 19.4 Å². The van der Waals surface area contributed by atoms with E-state index in [0.717, 1.165) is 39.7 Å². The number of aryl methyl sites for hydroxylation is 1. The van der Waals surface area contributed by atoms with Crippen LogP contribution in [0.3, 0.4) is 0 Å². The average Bonchev–Trinajstić information content (AvgIpc) is 3.22. The summed E-state index contributed by atoms with van der Waals surface area (Å²) in [5.74, 6) is 1.13. The van der Waals surface area contributed by atoms with Gasteiger partial charge in [-0.2, -0.15) is 5.10 Å². The number of benzene rings is 2. The SMILES string of the molecule is COc1ccc(-c2cnn3c(SCC(=O)NCCc4ccccc4)cc(C)nc23)cc1. The molecule has 0 saturated carbocycles. The van der Waals surface area contributed by atoms with Gasteiger partial charge in [-0.05, 0) is 42.7 Å². The highest BCUT2D eigenvalue weighted by molar-refractivity contribution is 7.99. The summed E-state index contributed by atoms with van der Waals surface area (Å²) >= 11 is 1.46. The molecular formula is C24H24N4O2S. The zero-order valence-corrected chi connectivity index (χ0v) is 18.4. The smallest absolute Gasteiger partial charge is 0.230 e. The highest BCUT2D eigenvalue weighted by atomic mass is 32.2. The highest BCUT2D eigenvalue weighted by Crippen LogP contribution is 2.28. The first-order valence-corrected chi connectivity index (χ1v) is 11.1. The number of fused-ring (bicyclic) bond motifs is 1. The number of carbonyl (C=O) groups is 1. The molecule has 7 heteroatoms. The lowest BCUT2D eigenvalue weighted by molar-refractivity contribution is -0.118. The normalized spacial score (nSPS) is 10.9. The van der Waals surface area contributed by atoms with Gasteiger partial charge in [0.15, 0.2) is 5.65 Å². The van der Waals surface area contributed by atoms with Crippen LogP contribution in [0.2, 0.25) is 0 Å². The first-order chi connectivity index (χ1) is 15.1. The third-order valence-electron chi connectivity index (χ3n) is 4.90. The summed E-state index contributed by atoms with van der Waals surface area (Å²) in [5, 5.41) is 8.41. The molecule has 2 aromatic carbocycles. The fraction of sp³-hybridized carbons (Fsp3) is 0.208. The van der Waals surface area contributed by atoms with E-state index in [4.69, 9.17) is 4.74 Å². The van der Waals surface area contributed by atoms with Crippen LogP contribution < -0.4 is 10.1 Å². The Morgan fingerprint density at radius 1 is 1.13 bits per heavy atom. The predicted octanol–water partition coefficient (Wildman–Crippen LogP) is 4.16. The van der Waals surface area contributed by atoms with E-state index in [1.54, 1.807) is 11.6 Å². The van der Waals surface area contributed by atoms with E-state index >= 15 is 0 Å². The number of ether oxygens (including phenoxy) is 1. The Morgan fingerprint density at radius 2 is 1.90 bits per heavy atom. The fourth-order valence-electron chi connectivity index (χ4n) is 3.31. The van der Waals surface area contributed by atoms with Gasteiger partial charge in [-0.1, -0.05) is 54.2 Å². The number of hydrogen-bond donors (Lipinski definition) is 1. The number of rotatable bonds is 8. The minimum atomic E-state index is 0.00563. The van der Waals surface area contributed by atoms with E-state index in [1.807, 2.05) is 61.7 Å². The Labute approximate surface area is 185 Å². The Bertz CT molecular complexity index is 1170. The van der Waals surface area contributed by atoms with Crippen molar-refractivity contribution < 1.29 is 9.53 Å². The summed E-state index contributed by atoms with van der Waals surface area (Å²) in [5.41, 5.74) is 4.83. The van der Waals surface area contributed by atoms with Crippen LogP contribution in [0.4, 0.5) is 0 Å². The summed E-state index contributed by atoms with van der Waals surface area (Å²) in [4.78, 5) is 17.0. The van der Waals surface area contributed by atoms with Gasteiger partial charge >= 0.3 is 0 Å². The maximum Gasteiger partial charge on any atom is 0.230 e. The average molecular weight is 433 g/mol. The summed E-state index contributed by atoms with van der Waals surface area (Å²) in [6.07, 6.45) is 2.63. The fourth-order valence-corrected chi connectivity index (χ4v) is 4.20. The second-order valence-corrected chi connectivity index (χ2v) is 8.13.